The fraction of sp³-hybridized carbons (Fsp3) is 0.632. The molecule has 3 aliphatic rings. The maximum Gasteiger partial charge on any atom is 0.250 e. The van der Waals surface area contributed by atoms with Crippen LogP contribution in [0, 0.1) is 11.8 Å². The van der Waals surface area contributed by atoms with Gasteiger partial charge in [-0.15, -0.1) is 0 Å². The van der Waals surface area contributed by atoms with Crippen LogP contribution in [0.3, 0.4) is 0 Å². The first kappa shape index (κ1) is 15.0. The minimum Gasteiger partial charge on any atom is -0.398 e. The van der Waals surface area contributed by atoms with Crippen LogP contribution in [-0.2, 0) is 11.8 Å². The highest BCUT2D eigenvalue weighted by atomic mass is 16.1. The number of piperidine rings is 1. The number of hydrogen-bond donors (Lipinski definition) is 2. The number of nitrogen functional groups attached to an aromatic ring is 1. The van der Waals surface area contributed by atoms with E-state index in [1.807, 2.05) is 6.07 Å². The van der Waals surface area contributed by atoms with Crippen molar-refractivity contribution < 1.29 is 4.79 Å². The van der Waals surface area contributed by atoms with E-state index in [2.05, 4.69) is 24.8 Å². The number of amides is 1. The maximum absolute atomic E-state index is 11.7. The van der Waals surface area contributed by atoms with E-state index in [1.165, 1.54) is 30.5 Å². The zero-order valence-corrected chi connectivity index (χ0v) is 14.1. The fourth-order valence-corrected chi connectivity index (χ4v) is 4.98. The minimum atomic E-state index is -0.421. The van der Waals surface area contributed by atoms with E-state index in [-0.39, 0.29) is 5.41 Å². The first-order valence-corrected chi connectivity index (χ1v) is 8.87. The molecule has 1 heterocycles. The van der Waals surface area contributed by atoms with Gasteiger partial charge in [0.1, 0.15) is 0 Å². The third kappa shape index (κ3) is 2.18. The Hall–Kier alpha value is -1.55. The molecule has 1 saturated heterocycles. The van der Waals surface area contributed by atoms with Gasteiger partial charge in [-0.25, -0.2) is 0 Å². The number of benzene rings is 1. The molecule has 0 aromatic heterocycles. The molecular formula is C19H27N3O. The second-order valence-corrected chi connectivity index (χ2v) is 8.09. The molecule has 1 unspecified atom stereocenters. The number of likely N-dealkylation sites (tertiary alicyclic amines) is 1. The number of nitrogens with two attached hydrogens (primary N) is 2. The summed E-state index contributed by atoms with van der Waals surface area (Å²) in [6.45, 7) is 7.10. The highest BCUT2D eigenvalue weighted by Gasteiger charge is 2.50. The lowest BCUT2D eigenvalue weighted by Gasteiger charge is -2.55. The quantitative estimate of drug-likeness (QED) is 0.841. The zero-order valence-electron chi connectivity index (χ0n) is 14.1. The van der Waals surface area contributed by atoms with Crippen molar-refractivity contribution in [3.63, 3.8) is 0 Å². The number of carbonyl (C=O) groups is 1. The number of rotatable bonds is 3. The lowest BCUT2D eigenvalue weighted by molar-refractivity contribution is 0.0288. The van der Waals surface area contributed by atoms with Crippen LogP contribution < -0.4 is 11.5 Å². The molecule has 3 atom stereocenters. The number of anilines is 1. The molecule has 4 heteroatoms. The Bertz CT molecular complexity index is 667. The monoisotopic (exact) mass is 313 g/mol. The van der Waals surface area contributed by atoms with Crippen LogP contribution in [0.25, 0.3) is 0 Å². The summed E-state index contributed by atoms with van der Waals surface area (Å²) in [4.78, 5) is 14.4. The van der Waals surface area contributed by atoms with E-state index >= 15 is 0 Å². The molecule has 1 aromatic rings. The summed E-state index contributed by atoms with van der Waals surface area (Å²) in [5.41, 5.74) is 15.6. The average Bonchev–Trinajstić information content (AvgIpc) is 3.29. The minimum absolute atomic E-state index is 0.0494. The number of nitrogens with zero attached hydrogens (tertiary/aromatic N) is 1. The number of fused-ring (bicyclic) bond motifs is 4. The summed E-state index contributed by atoms with van der Waals surface area (Å²) >= 11 is 0. The highest BCUT2D eigenvalue weighted by Crippen LogP contribution is 2.51. The van der Waals surface area contributed by atoms with E-state index in [9.17, 15) is 4.79 Å². The molecule has 4 N–H and O–H groups in total. The first-order valence-electron chi connectivity index (χ1n) is 8.87. The summed E-state index contributed by atoms with van der Waals surface area (Å²) < 4.78 is 0. The van der Waals surface area contributed by atoms with E-state index in [1.54, 1.807) is 0 Å². The number of carbonyl (C=O) groups excluding carboxylic acids is 1. The van der Waals surface area contributed by atoms with E-state index in [4.69, 9.17) is 11.5 Å². The van der Waals surface area contributed by atoms with Crippen LogP contribution in [0.15, 0.2) is 12.1 Å². The molecule has 1 aliphatic heterocycles. The van der Waals surface area contributed by atoms with Crippen molar-refractivity contribution >= 4 is 11.6 Å². The van der Waals surface area contributed by atoms with Crippen molar-refractivity contribution in [2.24, 2.45) is 17.6 Å². The van der Waals surface area contributed by atoms with Gasteiger partial charge in [0.2, 0.25) is 0 Å². The standard InChI is InChI=1S/C19H27N3O/c1-11-15-9-13-5-6-14(18(21)23)17(20)16(13)19(11,2)7-8-22(15)10-12-3-4-12/h5-6,11-12,15H,3-4,7-10,20H2,1-2H3,(H2,21,23)/t11?,15-,19-/m0/s1. The van der Waals surface area contributed by atoms with Gasteiger partial charge < -0.3 is 11.5 Å². The predicted molar refractivity (Wildman–Crippen MR) is 92.3 cm³/mol. The summed E-state index contributed by atoms with van der Waals surface area (Å²) in [6.07, 6.45) is 4.96. The van der Waals surface area contributed by atoms with Gasteiger partial charge in [0.15, 0.2) is 0 Å². The van der Waals surface area contributed by atoms with Gasteiger partial charge in [-0.3, -0.25) is 9.69 Å². The van der Waals surface area contributed by atoms with Crippen molar-refractivity contribution in [2.45, 2.75) is 51.0 Å². The Morgan fingerprint density at radius 3 is 2.78 bits per heavy atom. The Morgan fingerprint density at radius 2 is 2.13 bits per heavy atom. The first-order chi connectivity index (χ1) is 10.9. The molecule has 1 aromatic carbocycles. The molecule has 2 fully saturated rings. The van der Waals surface area contributed by atoms with Gasteiger partial charge in [0.05, 0.1) is 5.56 Å². The molecule has 2 bridgehead atoms. The maximum atomic E-state index is 11.7. The second-order valence-electron chi connectivity index (χ2n) is 8.09. The molecule has 1 saturated carbocycles. The van der Waals surface area contributed by atoms with Gasteiger partial charge in [-0.2, -0.15) is 0 Å². The smallest absolute Gasteiger partial charge is 0.250 e. The van der Waals surface area contributed by atoms with Gasteiger partial charge in [-0.1, -0.05) is 19.9 Å². The van der Waals surface area contributed by atoms with E-state index < -0.39 is 5.91 Å². The third-order valence-corrected chi connectivity index (χ3v) is 6.76. The van der Waals surface area contributed by atoms with Crippen LogP contribution >= 0.6 is 0 Å². The van der Waals surface area contributed by atoms with Crippen LogP contribution in [0.4, 0.5) is 5.69 Å². The van der Waals surface area contributed by atoms with Crippen molar-refractivity contribution in [2.75, 3.05) is 18.8 Å². The summed E-state index contributed by atoms with van der Waals surface area (Å²) in [5.74, 6) is 1.05. The zero-order chi connectivity index (χ0) is 16.4. The molecule has 124 valence electrons. The lowest BCUT2D eigenvalue weighted by Crippen LogP contribution is -2.58. The average molecular weight is 313 g/mol. The van der Waals surface area contributed by atoms with Gasteiger partial charge >= 0.3 is 0 Å². The molecule has 4 nitrogen and oxygen atoms in total. The third-order valence-electron chi connectivity index (χ3n) is 6.76. The van der Waals surface area contributed by atoms with Crippen LogP contribution in [0.1, 0.15) is 54.6 Å². The Kier molecular flexibility index (Phi) is 3.24. The Balaban J connectivity index is 1.77. The van der Waals surface area contributed by atoms with Crippen molar-refractivity contribution in [3.8, 4) is 0 Å². The summed E-state index contributed by atoms with van der Waals surface area (Å²) in [5, 5.41) is 0. The van der Waals surface area contributed by atoms with Gasteiger partial charge in [0.25, 0.3) is 5.91 Å². The number of hydrogen-bond acceptors (Lipinski definition) is 3. The Labute approximate surface area is 138 Å². The van der Waals surface area contributed by atoms with E-state index in [0.717, 1.165) is 25.3 Å². The largest absolute Gasteiger partial charge is 0.398 e. The molecule has 1 amide bonds. The van der Waals surface area contributed by atoms with Crippen molar-refractivity contribution in [1.29, 1.82) is 0 Å². The fourth-order valence-electron chi connectivity index (χ4n) is 4.98. The molecule has 4 rings (SSSR count). The lowest BCUT2D eigenvalue weighted by atomic mass is 9.58. The van der Waals surface area contributed by atoms with Gasteiger partial charge in [-0.05, 0) is 61.3 Å². The highest BCUT2D eigenvalue weighted by molar-refractivity contribution is 5.99. The molecule has 23 heavy (non-hydrogen) atoms. The normalized spacial score (nSPS) is 33.3. The Morgan fingerprint density at radius 1 is 1.39 bits per heavy atom. The van der Waals surface area contributed by atoms with Gasteiger partial charge in [0, 0.05) is 23.7 Å². The second kappa shape index (κ2) is 4.97. The SMILES string of the molecule is CC1[C@@H]2Cc3ccc(C(N)=O)c(N)c3[C@@]1(C)CCN2CC1CC1. The van der Waals surface area contributed by atoms with Crippen LogP contribution in [-0.4, -0.2) is 29.9 Å². The predicted octanol–water partition coefficient (Wildman–Crippen LogP) is 2.30. The van der Waals surface area contributed by atoms with Crippen molar-refractivity contribution in [3.05, 3.63) is 28.8 Å². The molecule has 0 spiro atoms. The topological polar surface area (TPSA) is 72.3 Å². The summed E-state index contributed by atoms with van der Waals surface area (Å²) in [6, 6.07) is 4.50. The van der Waals surface area contributed by atoms with Crippen molar-refractivity contribution in [1.82, 2.24) is 4.90 Å². The molecular weight excluding hydrogens is 286 g/mol. The number of primary amides is 1. The molecule has 0 radical (unpaired) electrons. The van der Waals surface area contributed by atoms with Crippen LogP contribution in [0.2, 0.25) is 0 Å². The molecule has 2 aliphatic carbocycles. The van der Waals surface area contributed by atoms with E-state index in [0.29, 0.717) is 23.2 Å². The van der Waals surface area contributed by atoms with Crippen LogP contribution in [0.5, 0.6) is 0 Å². The summed E-state index contributed by atoms with van der Waals surface area (Å²) in [7, 11) is 0.